The second-order valence-corrected chi connectivity index (χ2v) is 14.6. The quantitative estimate of drug-likeness (QED) is 0.120. The van der Waals surface area contributed by atoms with Gasteiger partial charge < -0.3 is 31.1 Å². The molecule has 0 spiro atoms. The van der Waals surface area contributed by atoms with Gasteiger partial charge in [0, 0.05) is 12.2 Å². The molecule has 1 saturated heterocycles. The molecule has 5 N–H and O–H groups in total. The summed E-state index contributed by atoms with van der Waals surface area (Å²) >= 11 is 0. The monoisotopic (exact) mass is 747 g/mol. The number of benzene rings is 4. The third-order valence-corrected chi connectivity index (χ3v) is 9.31. The zero-order chi connectivity index (χ0) is 39.6. The number of nitrogens with one attached hydrogen (secondary N) is 4. The van der Waals surface area contributed by atoms with E-state index < -0.39 is 65.4 Å². The number of hydrogen-bond donors (Lipinski definition) is 5. The Morgan fingerprint density at radius 3 is 1.78 bits per heavy atom. The van der Waals surface area contributed by atoms with E-state index in [-0.39, 0.29) is 6.61 Å². The number of carbonyl (C=O) groups is 5. The number of rotatable bonds is 13. The molecular formula is C43H49N5O7. The third-order valence-electron chi connectivity index (χ3n) is 9.31. The smallest absolute Gasteiger partial charge is 0.410 e. The Kier molecular flexibility index (Phi) is 13.1. The van der Waals surface area contributed by atoms with Gasteiger partial charge in [-0.05, 0) is 74.9 Å². The largest absolute Gasteiger partial charge is 0.444 e. The first-order valence-corrected chi connectivity index (χ1v) is 18.4. The molecule has 5 rings (SSSR count). The molecule has 12 nitrogen and oxygen atoms in total. The Bertz CT molecular complexity index is 1840. The van der Waals surface area contributed by atoms with Crippen LogP contribution in [0.3, 0.4) is 0 Å². The van der Waals surface area contributed by atoms with Crippen molar-refractivity contribution in [2.24, 2.45) is 0 Å². The molecule has 1 aliphatic heterocycles. The van der Waals surface area contributed by atoms with Crippen molar-refractivity contribution >= 4 is 35.4 Å². The molecule has 0 aromatic heterocycles. The number of anilines is 1. The SMILES string of the molecule is C[C@H](NC(=O)[C@@H]1CCCN1C(=O)OC(C)(C)C)C(=O)N[C@@H](CC(=O)NC(c1ccccc1)(c1ccccc1)c1ccccc1)C(=O)Nc1ccc(CO)cc1. The van der Waals surface area contributed by atoms with Crippen LogP contribution >= 0.6 is 0 Å². The molecule has 1 aliphatic rings. The molecule has 0 unspecified atom stereocenters. The first-order valence-electron chi connectivity index (χ1n) is 18.4. The van der Waals surface area contributed by atoms with E-state index in [1.54, 1.807) is 45.0 Å². The fourth-order valence-corrected chi connectivity index (χ4v) is 6.61. The van der Waals surface area contributed by atoms with Gasteiger partial charge in [0.2, 0.25) is 23.6 Å². The van der Waals surface area contributed by atoms with Crippen LogP contribution in [0.15, 0.2) is 115 Å². The lowest BCUT2D eigenvalue weighted by molar-refractivity contribution is -0.133. The molecule has 3 atom stereocenters. The Morgan fingerprint density at radius 1 is 0.764 bits per heavy atom. The number of amides is 5. The molecule has 0 bridgehead atoms. The molecule has 55 heavy (non-hydrogen) atoms. The first-order chi connectivity index (χ1) is 26.3. The van der Waals surface area contributed by atoms with Gasteiger partial charge in [-0.2, -0.15) is 0 Å². The Hall–Kier alpha value is -6.01. The molecule has 0 radical (unpaired) electrons. The summed E-state index contributed by atoms with van der Waals surface area (Å²) in [7, 11) is 0. The van der Waals surface area contributed by atoms with Crippen molar-refractivity contribution in [1.29, 1.82) is 0 Å². The highest BCUT2D eigenvalue weighted by Gasteiger charge is 2.40. The average Bonchev–Trinajstić information content (AvgIpc) is 3.68. The van der Waals surface area contributed by atoms with Gasteiger partial charge in [-0.25, -0.2) is 4.79 Å². The lowest BCUT2D eigenvalue weighted by Crippen LogP contribution is -2.56. The van der Waals surface area contributed by atoms with Crippen LogP contribution < -0.4 is 21.3 Å². The Morgan fingerprint density at radius 2 is 1.29 bits per heavy atom. The Labute approximate surface area is 321 Å². The van der Waals surface area contributed by atoms with Crippen LogP contribution in [0.5, 0.6) is 0 Å². The minimum Gasteiger partial charge on any atom is -0.444 e. The first kappa shape index (κ1) is 40.2. The number of ether oxygens (including phenoxy) is 1. The molecule has 4 aromatic rings. The molecule has 4 aromatic carbocycles. The van der Waals surface area contributed by atoms with Gasteiger partial charge in [0.15, 0.2) is 0 Å². The minimum absolute atomic E-state index is 0.181. The van der Waals surface area contributed by atoms with E-state index in [4.69, 9.17) is 4.74 Å². The van der Waals surface area contributed by atoms with E-state index in [1.807, 2.05) is 91.0 Å². The van der Waals surface area contributed by atoms with Crippen LogP contribution in [0.1, 0.15) is 69.2 Å². The number of nitrogens with zero attached hydrogens (tertiary/aromatic N) is 1. The lowest BCUT2D eigenvalue weighted by Gasteiger charge is -2.37. The van der Waals surface area contributed by atoms with E-state index in [1.165, 1.54) is 11.8 Å². The van der Waals surface area contributed by atoms with E-state index >= 15 is 0 Å². The summed E-state index contributed by atoms with van der Waals surface area (Å²) in [6, 6.07) is 31.6. The van der Waals surface area contributed by atoms with Crippen LogP contribution in [0.25, 0.3) is 0 Å². The molecular weight excluding hydrogens is 699 g/mol. The molecule has 288 valence electrons. The van der Waals surface area contributed by atoms with Gasteiger partial charge in [-0.15, -0.1) is 0 Å². The Balaban J connectivity index is 1.40. The van der Waals surface area contributed by atoms with Crippen LogP contribution in [-0.4, -0.2) is 70.0 Å². The van der Waals surface area contributed by atoms with Crippen LogP contribution in [0.4, 0.5) is 10.5 Å². The van der Waals surface area contributed by atoms with E-state index in [9.17, 15) is 29.1 Å². The van der Waals surface area contributed by atoms with Crippen LogP contribution in [-0.2, 0) is 36.1 Å². The number of aliphatic hydroxyl groups is 1. The van der Waals surface area contributed by atoms with Crippen molar-refractivity contribution < 1.29 is 33.8 Å². The standard InChI is InChI=1S/C43H49N5O7/c1-29(44-40(53)36-21-14-26-48(36)41(54)55-42(2,3)4)38(51)46-35(39(52)45-34-24-22-30(28-49)23-25-34)27-37(50)47-43(31-15-8-5-9-16-31,32-17-10-6-11-18-32)33-19-12-7-13-20-33/h5-13,15-20,22-25,29,35-36,49H,14,21,26-28H2,1-4H3,(H,44,53)(H,45,52)(H,46,51)(H,47,50)/t29-,35-,36-/m0/s1. The van der Waals surface area contributed by atoms with Gasteiger partial charge >= 0.3 is 6.09 Å². The zero-order valence-corrected chi connectivity index (χ0v) is 31.6. The van der Waals surface area contributed by atoms with Crippen molar-refractivity contribution in [3.8, 4) is 0 Å². The third kappa shape index (κ3) is 10.2. The van der Waals surface area contributed by atoms with Gasteiger partial charge in [0.25, 0.3) is 0 Å². The topological polar surface area (TPSA) is 166 Å². The lowest BCUT2D eigenvalue weighted by atomic mass is 9.77. The van der Waals surface area contributed by atoms with Gasteiger partial charge in [0.1, 0.15) is 29.3 Å². The van der Waals surface area contributed by atoms with Gasteiger partial charge in [-0.1, -0.05) is 103 Å². The molecule has 1 heterocycles. The highest BCUT2D eigenvalue weighted by atomic mass is 16.6. The van der Waals surface area contributed by atoms with Crippen molar-refractivity contribution in [3.05, 3.63) is 138 Å². The summed E-state index contributed by atoms with van der Waals surface area (Å²) in [6.07, 6.45) is -0.0953. The maximum atomic E-state index is 14.3. The average molecular weight is 748 g/mol. The molecule has 1 fully saturated rings. The normalized spacial score (nSPS) is 15.3. The van der Waals surface area contributed by atoms with Crippen molar-refractivity contribution in [3.63, 3.8) is 0 Å². The van der Waals surface area contributed by atoms with Gasteiger partial charge in [0.05, 0.1) is 13.0 Å². The molecule has 12 heteroatoms. The van der Waals surface area contributed by atoms with Crippen molar-refractivity contribution in [2.75, 3.05) is 11.9 Å². The fourth-order valence-electron chi connectivity index (χ4n) is 6.61. The second-order valence-electron chi connectivity index (χ2n) is 14.6. The van der Waals surface area contributed by atoms with Crippen molar-refractivity contribution in [2.45, 2.75) is 82.8 Å². The maximum absolute atomic E-state index is 14.3. The fraction of sp³-hybridized carbons (Fsp3) is 0.326. The zero-order valence-electron chi connectivity index (χ0n) is 31.6. The highest BCUT2D eigenvalue weighted by molar-refractivity contribution is 6.01. The predicted molar refractivity (Wildman–Crippen MR) is 208 cm³/mol. The summed E-state index contributed by atoms with van der Waals surface area (Å²) in [6.45, 7) is 6.84. The second kappa shape index (κ2) is 17.9. The van der Waals surface area contributed by atoms with Crippen LogP contribution in [0, 0.1) is 0 Å². The molecule has 5 amide bonds. The number of likely N-dealkylation sites (tertiary alicyclic amines) is 1. The summed E-state index contributed by atoms with van der Waals surface area (Å²) in [4.78, 5) is 69.5. The van der Waals surface area contributed by atoms with Crippen molar-refractivity contribution in [1.82, 2.24) is 20.9 Å². The molecule has 0 aliphatic carbocycles. The minimum atomic E-state index is -1.38. The summed E-state index contributed by atoms with van der Waals surface area (Å²) in [5.41, 5.74) is 1.43. The number of hydrogen-bond acceptors (Lipinski definition) is 7. The predicted octanol–water partition coefficient (Wildman–Crippen LogP) is 5.00. The number of carbonyl (C=O) groups excluding carboxylic acids is 5. The van der Waals surface area contributed by atoms with E-state index in [0.29, 0.717) is 30.6 Å². The number of aliphatic hydroxyl groups excluding tert-OH is 1. The summed E-state index contributed by atoms with van der Waals surface area (Å²) in [5, 5.41) is 20.8. The van der Waals surface area contributed by atoms with E-state index in [0.717, 1.165) is 16.7 Å². The van der Waals surface area contributed by atoms with E-state index in [2.05, 4.69) is 21.3 Å². The van der Waals surface area contributed by atoms with Gasteiger partial charge in [-0.3, -0.25) is 24.1 Å². The highest BCUT2D eigenvalue weighted by Crippen LogP contribution is 2.37. The summed E-state index contributed by atoms with van der Waals surface area (Å²) < 4.78 is 5.48. The van der Waals surface area contributed by atoms with Crippen LogP contribution in [0.2, 0.25) is 0 Å². The molecule has 0 saturated carbocycles. The maximum Gasteiger partial charge on any atom is 0.410 e. The summed E-state index contributed by atoms with van der Waals surface area (Å²) in [5.74, 6) is -2.45.